The summed E-state index contributed by atoms with van der Waals surface area (Å²) in [6.07, 6.45) is 8.01. The second-order valence-corrected chi connectivity index (χ2v) is 4.90. The smallest absolute Gasteiger partial charge is 0.0139 e. The lowest BCUT2D eigenvalue weighted by atomic mass is 9.91. The van der Waals surface area contributed by atoms with E-state index in [1.807, 2.05) is 0 Å². The molecule has 78 valence electrons. The van der Waals surface area contributed by atoms with Crippen molar-refractivity contribution in [2.24, 2.45) is 5.73 Å². The second kappa shape index (κ2) is 4.97. The van der Waals surface area contributed by atoms with Crippen LogP contribution in [0.4, 0.5) is 0 Å². The molecule has 0 aromatic rings. The highest BCUT2D eigenvalue weighted by Crippen LogP contribution is 2.20. The quantitative estimate of drug-likeness (QED) is 0.701. The van der Waals surface area contributed by atoms with Crippen LogP contribution < -0.4 is 11.1 Å². The molecule has 0 atom stereocenters. The molecule has 0 aromatic carbocycles. The van der Waals surface area contributed by atoms with Gasteiger partial charge in [-0.15, -0.1) is 0 Å². The molecule has 0 unspecified atom stereocenters. The second-order valence-electron chi connectivity index (χ2n) is 4.90. The fourth-order valence-electron chi connectivity index (χ4n) is 2.23. The van der Waals surface area contributed by atoms with Crippen molar-refractivity contribution in [3.05, 3.63) is 0 Å². The van der Waals surface area contributed by atoms with Crippen molar-refractivity contribution in [2.45, 2.75) is 64.0 Å². The van der Waals surface area contributed by atoms with Crippen molar-refractivity contribution in [3.63, 3.8) is 0 Å². The zero-order chi connectivity index (χ0) is 9.73. The maximum absolute atomic E-state index is 5.58. The Morgan fingerprint density at radius 2 is 1.85 bits per heavy atom. The van der Waals surface area contributed by atoms with Gasteiger partial charge < -0.3 is 11.1 Å². The molecule has 1 saturated carbocycles. The van der Waals surface area contributed by atoms with Gasteiger partial charge in [0.15, 0.2) is 0 Å². The Hall–Kier alpha value is -0.0800. The van der Waals surface area contributed by atoms with Crippen LogP contribution in [0, 0.1) is 0 Å². The first-order chi connectivity index (χ1) is 6.14. The minimum absolute atomic E-state index is 0.233. The number of nitrogens with two attached hydrogens (primary N) is 1. The topological polar surface area (TPSA) is 38.0 Å². The molecular weight excluding hydrogens is 160 g/mol. The highest BCUT2D eigenvalue weighted by molar-refractivity contribution is 4.84. The van der Waals surface area contributed by atoms with Crippen molar-refractivity contribution in [1.82, 2.24) is 5.32 Å². The van der Waals surface area contributed by atoms with Gasteiger partial charge in [-0.3, -0.25) is 0 Å². The lowest BCUT2D eigenvalue weighted by molar-refractivity contribution is 0.270. The van der Waals surface area contributed by atoms with Crippen LogP contribution in [0.25, 0.3) is 0 Å². The SMILES string of the molecule is CC(C)(CCN)NC1CCCCC1. The largest absolute Gasteiger partial charge is 0.330 e. The van der Waals surface area contributed by atoms with E-state index >= 15 is 0 Å². The third-order valence-electron chi connectivity index (χ3n) is 2.97. The molecule has 0 aromatic heterocycles. The molecule has 0 spiro atoms. The van der Waals surface area contributed by atoms with E-state index in [2.05, 4.69) is 19.2 Å². The number of hydrogen-bond donors (Lipinski definition) is 2. The lowest BCUT2D eigenvalue weighted by Gasteiger charge is -2.33. The molecule has 1 aliphatic rings. The van der Waals surface area contributed by atoms with E-state index in [9.17, 15) is 0 Å². The summed E-state index contributed by atoms with van der Waals surface area (Å²) >= 11 is 0. The first kappa shape index (κ1) is 11.0. The predicted octanol–water partition coefficient (Wildman–Crippen LogP) is 2.04. The first-order valence-electron chi connectivity index (χ1n) is 5.62. The Kier molecular flexibility index (Phi) is 4.20. The number of hydrogen-bond acceptors (Lipinski definition) is 2. The zero-order valence-electron chi connectivity index (χ0n) is 9.10. The van der Waals surface area contributed by atoms with E-state index in [4.69, 9.17) is 5.73 Å². The van der Waals surface area contributed by atoms with E-state index < -0.39 is 0 Å². The Balaban J connectivity index is 2.28. The van der Waals surface area contributed by atoms with Crippen LogP contribution in [-0.2, 0) is 0 Å². The summed E-state index contributed by atoms with van der Waals surface area (Å²) in [7, 11) is 0. The van der Waals surface area contributed by atoms with Crippen molar-refractivity contribution in [2.75, 3.05) is 6.54 Å². The van der Waals surface area contributed by atoms with Gasteiger partial charge >= 0.3 is 0 Å². The van der Waals surface area contributed by atoms with E-state index in [0.29, 0.717) is 0 Å². The highest BCUT2D eigenvalue weighted by Gasteiger charge is 2.22. The van der Waals surface area contributed by atoms with Gasteiger partial charge in [-0.1, -0.05) is 19.3 Å². The lowest BCUT2D eigenvalue weighted by Crippen LogP contribution is -2.47. The van der Waals surface area contributed by atoms with Crippen molar-refractivity contribution in [1.29, 1.82) is 0 Å². The van der Waals surface area contributed by atoms with Crippen LogP contribution in [0.2, 0.25) is 0 Å². The van der Waals surface area contributed by atoms with Gasteiger partial charge in [-0.2, -0.15) is 0 Å². The summed E-state index contributed by atoms with van der Waals surface area (Å²) in [5, 5.41) is 3.72. The van der Waals surface area contributed by atoms with Crippen LogP contribution in [0.15, 0.2) is 0 Å². The Bertz CT molecular complexity index is 137. The molecule has 2 heteroatoms. The molecule has 0 amide bonds. The van der Waals surface area contributed by atoms with Gasteiger partial charge in [0.1, 0.15) is 0 Å². The molecule has 0 aliphatic heterocycles. The molecule has 0 heterocycles. The van der Waals surface area contributed by atoms with Crippen LogP contribution >= 0.6 is 0 Å². The van der Waals surface area contributed by atoms with E-state index in [1.165, 1.54) is 32.1 Å². The monoisotopic (exact) mass is 184 g/mol. The minimum Gasteiger partial charge on any atom is -0.330 e. The Morgan fingerprint density at radius 1 is 1.23 bits per heavy atom. The fraction of sp³-hybridized carbons (Fsp3) is 1.00. The van der Waals surface area contributed by atoms with E-state index in [1.54, 1.807) is 0 Å². The molecule has 0 radical (unpaired) electrons. The third kappa shape index (κ3) is 4.10. The van der Waals surface area contributed by atoms with E-state index in [-0.39, 0.29) is 5.54 Å². The van der Waals surface area contributed by atoms with Gasteiger partial charge in [-0.05, 0) is 39.7 Å². The summed E-state index contributed by atoms with van der Waals surface area (Å²) in [5.74, 6) is 0. The van der Waals surface area contributed by atoms with Crippen LogP contribution in [0.1, 0.15) is 52.4 Å². The molecule has 3 N–H and O–H groups in total. The predicted molar refractivity (Wildman–Crippen MR) is 57.8 cm³/mol. The molecule has 1 rings (SSSR count). The minimum atomic E-state index is 0.233. The molecule has 0 bridgehead atoms. The molecule has 0 saturated heterocycles. The summed E-state index contributed by atoms with van der Waals surface area (Å²) < 4.78 is 0. The summed E-state index contributed by atoms with van der Waals surface area (Å²) in [6, 6.07) is 0.746. The van der Waals surface area contributed by atoms with Crippen LogP contribution in [-0.4, -0.2) is 18.1 Å². The zero-order valence-corrected chi connectivity index (χ0v) is 9.10. The molecular formula is C11H24N2. The fourth-order valence-corrected chi connectivity index (χ4v) is 2.23. The number of rotatable bonds is 4. The van der Waals surface area contributed by atoms with Gasteiger partial charge in [0.25, 0.3) is 0 Å². The maximum Gasteiger partial charge on any atom is 0.0139 e. The van der Waals surface area contributed by atoms with Gasteiger partial charge in [0.2, 0.25) is 0 Å². The van der Waals surface area contributed by atoms with Gasteiger partial charge in [0, 0.05) is 11.6 Å². The van der Waals surface area contributed by atoms with Crippen molar-refractivity contribution < 1.29 is 0 Å². The maximum atomic E-state index is 5.58. The Labute approximate surface area is 82.3 Å². The number of nitrogens with one attached hydrogen (secondary N) is 1. The molecule has 1 aliphatic carbocycles. The molecule has 13 heavy (non-hydrogen) atoms. The van der Waals surface area contributed by atoms with Crippen molar-refractivity contribution in [3.8, 4) is 0 Å². The summed E-state index contributed by atoms with van der Waals surface area (Å²) in [5.41, 5.74) is 5.81. The third-order valence-corrected chi connectivity index (χ3v) is 2.97. The first-order valence-corrected chi connectivity index (χ1v) is 5.62. The van der Waals surface area contributed by atoms with Crippen LogP contribution in [0.3, 0.4) is 0 Å². The Morgan fingerprint density at radius 3 is 2.38 bits per heavy atom. The summed E-state index contributed by atoms with van der Waals surface area (Å²) in [6.45, 7) is 5.30. The summed E-state index contributed by atoms with van der Waals surface area (Å²) in [4.78, 5) is 0. The average molecular weight is 184 g/mol. The van der Waals surface area contributed by atoms with E-state index in [0.717, 1.165) is 19.0 Å². The standard InChI is InChI=1S/C11H24N2/c1-11(2,8-9-12)13-10-6-4-3-5-7-10/h10,13H,3-9,12H2,1-2H3. The highest BCUT2D eigenvalue weighted by atomic mass is 15.0. The van der Waals surface area contributed by atoms with Crippen molar-refractivity contribution >= 4 is 0 Å². The van der Waals surface area contributed by atoms with Gasteiger partial charge in [0.05, 0.1) is 0 Å². The normalized spacial score (nSPS) is 20.5. The van der Waals surface area contributed by atoms with Crippen LogP contribution in [0.5, 0.6) is 0 Å². The molecule has 2 nitrogen and oxygen atoms in total. The average Bonchev–Trinajstić information content (AvgIpc) is 2.04. The molecule has 1 fully saturated rings. The van der Waals surface area contributed by atoms with Gasteiger partial charge in [-0.25, -0.2) is 0 Å².